The van der Waals surface area contributed by atoms with Gasteiger partial charge in [0.05, 0.1) is 21.2 Å². The predicted molar refractivity (Wildman–Crippen MR) is 113 cm³/mol. The fourth-order valence-corrected chi connectivity index (χ4v) is 3.50. The molecule has 0 unspecified atom stereocenters. The van der Waals surface area contributed by atoms with E-state index in [1.165, 1.54) is 29.5 Å². The van der Waals surface area contributed by atoms with Gasteiger partial charge in [0.25, 0.3) is 5.69 Å². The Morgan fingerprint density at radius 2 is 1.79 bits per heavy atom. The Hall–Kier alpha value is -3.84. The molecular weight excluding hydrogens is 386 g/mol. The van der Waals surface area contributed by atoms with Gasteiger partial charge in [-0.05, 0) is 47.9 Å². The van der Waals surface area contributed by atoms with Crippen LogP contribution < -0.4 is 0 Å². The number of para-hydroxylation sites is 1. The lowest BCUT2D eigenvalue weighted by atomic mass is 10.1. The number of nitrogens with zero attached hydrogens (tertiary/aromatic N) is 3. The molecule has 0 atom stereocenters. The first-order valence-corrected chi connectivity index (χ1v) is 9.65. The maximum absolute atomic E-state index is 12.3. The minimum Gasteiger partial charge on any atom is -0.288 e. The lowest BCUT2D eigenvalue weighted by Crippen LogP contribution is -1.94. The van der Waals surface area contributed by atoms with Crippen molar-refractivity contribution in [3.8, 4) is 16.9 Å². The zero-order valence-electron chi connectivity index (χ0n) is 15.1. The Bertz CT molecular complexity index is 1180. The number of allylic oxidation sites excluding steroid dienone is 1. The molecule has 0 bridgehead atoms. The van der Waals surface area contributed by atoms with Gasteiger partial charge in [0.15, 0.2) is 5.78 Å². The molecule has 0 spiro atoms. The van der Waals surface area contributed by atoms with E-state index in [0.29, 0.717) is 10.6 Å². The Morgan fingerprint density at radius 3 is 2.45 bits per heavy atom. The number of aromatic nitrogens is 2. The average Bonchev–Trinajstić information content (AvgIpc) is 3.43. The number of rotatable bonds is 6. The minimum atomic E-state index is -0.438. The molecular formula is C22H15N3O3S. The van der Waals surface area contributed by atoms with Crippen molar-refractivity contribution in [3.63, 3.8) is 0 Å². The first-order valence-electron chi connectivity index (χ1n) is 8.77. The zero-order chi connectivity index (χ0) is 20.2. The van der Waals surface area contributed by atoms with Crippen molar-refractivity contribution < 1.29 is 9.72 Å². The van der Waals surface area contributed by atoms with Crippen LogP contribution >= 0.6 is 11.3 Å². The van der Waals surface area contributed by atoms with Crippen LogP contribution in [0.3, 0.4) is 0 Å². The van der Waals surface area contributed by atoms with Crippen molar-refractivity contribution in [2.75, 3.05) is 0 Å². The van der Waals surface area contributed by atoms with E-state index >= 15 is 0 Å². The third-order valence-electron chi connectivity index (χ3n) is 4.29. The third-order valence-corrected chi connectivity index (χ3v) is 5.18. The van der Waals surface area contributed by atoms with E-state index in [1.807, 2.05) is 48.0 Å². The summed E-state index contributed by atoms with van der Waals surface area (Å²) in [5, 5.41) is 17.4. The Morgan fingerprint density at radius 1 is 1.03 bits per heavy atom. The molecule has 0 saturated heterocycles. The normalized spacial score (nSPS) is 11.0. The lowest BCUT2D eigenvalue weighted by molar-refractivity contribution is -0.384. The summed E-state index contributed by atoms with van der Waals surface area (Å²) in [6.45, 7) is 0. The summed E-state index contributed by atoms with van der Waals surface area (Å²) in [5.74, 6) is -0.0814. The molecule has 0 aliphatic heterocycles. The highest BCUT2D eigenvalue weighted by Crippen LogP contribution is 2.27. The van der Waals surface area contributed by atoms with Gasteiger partial charge < -0.3 is 0 Å². The van der Waals surface area contributed by atoms with Crippen LogP contribution in [0.1, 0.15) is 15.2 Å². The Balaban J connectivity index is 1.74. The van der Waals surface area contributed by atoms with Gasteiger partial charge in [-0.15, -0.1) is 11.3 Å². The van der Waals surface area contributed by atoms with Crippen molar-refractivity contribution in [1.29, 1.82) is 0 Å². The van der Waals surface area contributed by atoms with Crippen molar-refractivity contribution in [3.05, 3.63) is 105 Å². The Kier molecular flexibility index (Phi) is 5.13. The van der Waals surface area contributed by atoms with Crippen LogP contribution in [0.15, 0.2) is 84.4 Å². The smallest absolute Gasteiger partial charge is 0.269 e. The van der Waals surface area contributed by atoms with Gasteiger partial charge in [-0.2, -0.15) is 5.10 Å². The maximum Gasteiger partial charge on any atom is 0.269 e. The standard InChI is InChI=1S/C22H15N3O3S/c26-20(21-7-4-14-29-21)13-10-17-15-24(18-5-2-1-3-6-18)23-22(17)16-8-11-19(12-9-16)25(27)28/h1-15H/b13-10-. The van der Waals surface area contributed by atoms with Crippen LogP contribution in [-0.4, -0.2) is 20.5 Å². The SMILES string of the molecule is O=C(/C=C\c1cn(-c2ccccc2)nc1-c1ccc([N+](=O)[O-])cc1)c1cccs1. The van der Waals surface area contributed by atoms with E-state index in [0.717, 1.165) is 16.8 Å². The number of nitro benzene ring substituents is 1. The van der Waals surface area contributed by atoms with Crippen LogP contribution in [0.4, 0.5) is 5.69 Å². The maximum atomic E-state index is 12.3. The molecule has 0 radical (unpaired) electrons. The van der Waals surface area contributed by atoms with Gasteiger partial charge in [-0.1, -0.05) is 24.3 Å². The number of hydrogen-bond acceptors (Lipinski definition) is 5. The number of hydrogen-bond donors (Lipinski definition) is 0. The molecule has 0 N–H and O–H groups in total. The molecule has 0 fully saturated rings. The second-order valence-corrected chi connectivity index (χ2v) is 7.14. The molecule has 0 saturated carbocycles. The highest BCUT2D eigenvalue weighted by atomic mass is 32.1. The van der Waals surface area contributed by atoms with Gasteiger partial charge in [0, 0.05) is 29.5 Å². The third kappa shape index (κ3) is 4.04. The number of benzene rings is 2. The van der Waals surface area contributed by atoms with E-state index in [2.05, 4.69) is 5.10 Å². The average molecular weight is 401 g/mol. The van der Waals surface area contributed by atoms with Crippen molar-refractivity contribution >= 4 is 28.9 Å². The number of non-ortho nitro benzene ring substituents is 1. The van der Waals surface area contributed by atoms with E-state index in [9.17, 15) is 14.9 Å². The molecule has 0 aliphatic rings. The van der Waals surface area contributed by atoms with E-state index in [-0.39, 0.29) is 11.5 Å². The summed E-state index contributed by atoms with van der Waals surface area (Å²) in [6.07, 6.45) is 5.09. The summed E-state index contributed by atoms with van der Waals surface area (Å²) in [4.78, 5) is 23.5. The van der Waals surface area contributed by atoms with Crippen LogP contribution in [0.2, 0.25) is 0 Å². The van der Waals surface area contributed by atoms with Crippen LogP contribution in [0, 0.1) is 10.1 Å². The number of carbonyl (C=O) groups is 1. The molecule has 4 rings (SSSR count). The number of thiophene rings is 1. The van der Waals surface area contributed by atoms with Crippen LogP contribution in [0.25, 0.3) is 23.0 Å². The lowest BCUT2D eigenvalue weighted by Gasteiger charge is -2.00. The zero-order valence-corrected chi connectivity index (χ0v) is 16.0. The molecule has 0 amide bonds. The van der Waals surface area contributed by atoms with Gasteiger partial charge >= 0.3 is 0 Å². The topological polar surface area (TPSA) is 78.0 Å². The van der Waals surface area contributed by atoms with Gasteiger partial charge in [-0.25, -0.2) is 4.68 Å². The molecule has 29 heavy (non-hydrogen) atoms. The second kappa shape index (κ2) is 8.04. The number of carbonyl (C=O) groups excluding carboxylic acids is 1. The van der Waals surface area contributed by atoms with Crippen molar-refractivity contribution in [1.82, 2.24) is 9.78 Å². The predicted octanol–water partition coefficient (Wildman–Crippen LogP) is 5.41. The summed E-state index contributed by atoms with van der Waals surface area (Å²) < 4.78 is 1.73. The fourth-order valence-electron chi connectivity index (χ4n) is 2.85. The molecule has 142 valence electrons. The minimum absolute atomic E-state index is 0.0150. The van der Waals surface area contributed by atoms with Gasteiger partial charge in [0.2, 0.25) is 0 Å². The number of ketones is 1. The fraction of sp³-hybridized carbons (Fsp3) is 0. The Labute approximate surface area is 170 Å². The van der Waals surface area contributed by atoms with Crippen molar-refractivity contribution in [2.24, 2.45) is 0 Å². The van der Waals surface area contributed by atoms with Crippen molar-refractivity contribution in [2.45, 2.75) is 0 Å². The molecule has 4 aromatic rings. The highest BCUT2D eigenvalue weighted by Gasteiger charge is 2.13. The summed E-state index contributed by atoms with van der Waals surface area (Å²) in [7, 11) is 0. The second-order valence-electron chi connectivity index (χ2n) is 6.19. The molecule has 2 aromatic carbocycles. The van der Waals surface area contributed by atoms with E-state index < -0.39 is 4.92 Å². The first kappa shape index (κ1) is 18.5. The molecule has 2 heterocycles. The van der Waals surface area contributed by atoms with E-state index in [1.54, 1.807) is 29.0 Å². The summed E-state index contributed by atoms with van der Waals surface area (Å²) in [5.41, 5.74) is 3.00. The molecule has 6 nitrogen and oxygen atoms in total. The van der Waals surface area contributed by atoms with Crippen LogP contribution in [0.5, 0.6) is 0 Å². The first-order chi connectivity index (χ1) is 14.1. The quantitative estimate of drug-likeness (QED) is 0.187. The van der Waals surface area contributed by atoms with Gasteiger partial charge in [0.1, 0.15) is 0 Å². The largest absolute Gasteiger partial charge is 0.288 e. The highest BCUT2D eigenvalue weighted by molar-refractivity contribution is 7.12. The molecule has 0 aliphatic carbocycles. The van der Waals surface area contributed by atoms with Crippen LogP contribution in [-0.2, 0) is 0 Å². The molecule has 7 heteroatoms. The summed E-state index contributed by atoms with van der Waals surface area (Å²) in [6, 6.07) is 19.4. The van der Waals surface area contributed by atoms with E-state index in [4.69, 9.17) is 0 Å². The summed E-state index contributed by atoms with van der Waals surface area (Å²) >= 11 is 1.39. The van der Waals surface area contributed by atoms with Gasteiger partial charge in [-0.3, -0.25) is 14.9 Å². The molecule has 2 aromatic heterocycles. The monoisotopic (exact) mass is 401 g/mol. The number of nitro groups is 1.